The molecule has 0 saturated carbocycles. The highest BCUT2D eigenvalue weighted by molar-refractivity contribution is 6.11. The van der Waals surface area contributed by atoms with E-state index >= 15 is 0 Å². The summed E-state index contributed by atoms with van der Waals surface area (Å²) in [5.41, 5.74) is 12.9. The molecule has 0 spiro atoms. The Bertz CT molecular complexity index is 793. The summed E-state index contributed by atoms with van der Waals surface area (Å²) in [5.74, 6) is 0.551. The van der Waals surface area contributed by atoms with E-state index in [9.17, 15) is 0 Å². The lowest BCUT2D eigenvalue weighted by Crippen LogP contribution is -2.14. The minimum absolute atomic E-state index is 0.477. The van der Waals surface area contributed by atoms with Gasteiger partial charge in [-0.2, -0.15) is 5.11 Å². The fraction of sp³-hybridized carbons (Fsp3) is 0.333. The van der Waals surface area contributed by atoms with Crippen molar-refractivity contribution in [2.75, 3.05) is 12.3 Å². The average Bonchev–Trinajstić information content (AvgIpc) is 3.00. The van der Waals surface area contributed by atoms with Crippen LogP contribution in [-0.4, -0.2) is 17.2 Å². The summed E-state index contributed by atoms with van der Waals surface area (Å²) in [5, 5.41) is 11.9. The van der Waals surface area contributed by atoms with Crippen LogP contribution in [-0.2, 0) is 12.8 Å². The number of fused-ring (bicyclic) bond motifs is 1. The Hall–Kier alpha value is -2.56. The highest BCUT2D eigenvalue weighted by Gasteiger charge is 2.24. The van der Waals surface area contributed by atoms with Crippen molar-refractivity contribution in [2.24, 2.45) is 15.4 Å². The second-order valence-corrected chi connectivity index (χ2v) is 6.03. The van der Waals surface area contributed by atoms with Gasteiger partial charge in [0.15, 0.2) is 0 Å². The fourth-order valence-electron chi connectivity index (χ4n) is 3.50. The van der Waals surface area contributed by atoms with Crippen LogP contribution < -0.4 is 5.73 Å². The second-order valence-electron chi connectivity index (χ2n) is 6.03. The minimum Gasteiger partial charge on any atom is -0.383 e. The molecule has 5 nitrogen and oxygen atoms in total. The van der Waals surface area contributed by atoms with Crippen molar-refractivity contribution in [3.63, 3.8) is 0 Å². The first-order valence-corrected chi connectivity index (χ1v) is 8.15. The SMILES string of the molecule is Nc1nc2c(c(-c3ccccc3)c1C1=NN=NC1)CCCCC2. The molecule has 1 aromatic carbocycles. The molecule has 2 heterocycles. The molecular formula is C18H19N5. The molecule has 2 aliphatic rings. The molecule has 0 fully saturated rings. The maximum absolute atomic E-state index is 6.34. The summed E-state index contributed by atoms with van der Waals surface area (Å²) in [4.78, 5) is 4.72. The Morgan fingerprint density at radius 3 is 2.52 bits per heavy atom. The zero-order valence-electron chi connectivity index (χ0n) is 13.0. The molecule has 1 aliphatic heterocycles. The quantitative estimate of drug-likeness (QED) is 0.857. The molecule has 2 aromatic rings. The molecule has 116 valence electrons. The first-order chi connectivity index (χ1) is 11.3. The van der Waals surface area contributed by atoms with E-state index in [1.165, 1.54) is 36.0 Å². The Labute approximate surface area is 135 Å². The van der Waals surface area contributed by atoms with Gasteiger partial charge in [-0.1, -0.05) is 36.8 Å². The smallest absolute Gasteiger partial charge is 0.133 e. The molecule has 0 atom stereocenters. The topological polar surface area (TPSA) is 76.0 Å². The number of nitrogens with two attached hydrogens (primary N) is 1. The van der Waals surface area contributed by atoms with Gasteiger partial charge >= 0.3 is 0 Å². The fourth-order valence-corrected chi connectivity index (χ4v) is 3.50. The third-order valence-corrected chi connectivity index (χ3v) is 4.55. The lowest BCUT2D eigenvalue weighted by molar-refractivity contribution is 0.709. The summed E-state index contributed by atoms with van der Waals surface area (Å²) >= 11 is 0. The van der Waals surface area contributed by atoms with E-state index in [1.54, 1.807) is 0 Å². The van der Waals surface area contributed by atoms with Gasteiger partial charge in [0.1, 0.15) is 12.4 Å². The van der Waals surface area contributed by atoms with Crippen LogP contribution in [0.4, 0.5) is 5.82 Å². The van der Waals surface area contributed by atoms with Crippen molar-refractivity contribution >= 4 is 11.5 Å². The molecule has 0 amide bonds. The summed E-state index contributed by atoms with van der Waals surface area (Å²) in [6, 6.07) is 10.4. The van der Waals surface area contributed by atoms with E-state index < -0.39 is 0 Å². The first-order valence-electron chi connectivity index (χ1n) is 8.15. The molecule has 23 heavy (non-hydrogen) atoms. The van der Waals surface area contributed by atoms with E-state index in [-0.39, 0.29) is 0 Å². The molecule has 0 bridgehead atoms. The van der Waals surface area contributed by atoms with Crippen molar-refractivity contribution in [3.05, 3.63) is 47.2 Å². The number of aryl methyl sites for hydroxylation is 1. The van der Waals surface area contributed by atoms with Crippen LogP contribution in [0, 0.1) is 0 Å². The number of anilines is 1. The Morgan fingerprint density at radius 2 is 1.74 bits per heavy atom. The number of aromatic nitrogens is 1. The van der Waals surface area contributed by atoms with E-state index in [0.29, 0.717) is 12.4 Å². The third-order valence-electron chi connectivity index (χ3n) is 4.55. The largest absolute Gasteiger partial charge is 0.383 e. The van der Waals surface area contributed by atoms with E-state index in [2.05, 4.69) is 39.7 Å². The predicted molar refractivity (Wildman–Crippen MR) is 91.6 cm³/mol. The molecule has 5 heteroatoms. The summed E-state index contributed by atoms with van der Waals surface area (Å²) in [7, 11) is 0. The van der Waals surface area contributed by atoms with Crippen LogP contribution >= 0.6 is 0 Å². The zero-order chi connectivity index (χ0) is 15.6. The minimum atomic E-state index is 0.477. The average molecular weight is 305 g/mol. The monoisotopic (exact) mass is 305 g/mol. The van der Waals surface area contributed by atoms with Gasteiger partial charge in [0.25, 0.3) is 0 Å². The number of nitrogen functional groups attached to an aromatic ring is 1. The van der Waals surface area contributed by atoms with Crippen LogP contribution in [0.1, 0.15) is 36.1 Å². The van der Waals surface area contributed by atoms with Crippen LogP contribution in [0.3, 0.4) is 0 Å². The van der Waals surface area contributed by atoms with Gasteiger partial charge in [0.05, 0.1) is 11.3 Å². The maximum Gasteiger partial charge on any atom is 0.133 e. The van der Waals surface area contributed by atoms with Crippen molar-refractivity contribution in [1.29, 1.82) is 0 Å². The van der Waals surface area contributed by atoms with Crippen LogP contribution in [0.25, 0.3) is 11.1 Å². The number of hydrogen-bond donors (Lipinski definition) is 1. The van der Waals surface area contributed by atoms with Gasteiger partial charge < -0.3 is 5.73 Å². The lowest BCUT2D eigenvalue weighted by atomic mass is 9.89. The molecule has 1 aliphatic carbocycles. The second kappa shape index (κ2) is 5.91. The number of hydrogen-bond acceptors (Lipinski definition) is 5. The Morgan fingerprint density at radius 1 is 0.913 bits per heavy atom. The standard InChI is InChI=1S/C18H19N5/c19-18-17(15-11-20-23-22-15)16(12-7-3-1-4-8-12)13-9-5-2-6-10-14(13)21-18/h1,3-4,7-8H,2,5-6,9-11H2,(H2,19,21). The number of benzene rings is 1. The van der Waals surface area contributed by atoms with E-state index in [4.69, 9.17) is 10.7 Å². The zero-order valence-corrected chi connectivity index (χ0v) is 13.0. The summed E-state index contributed by atoms with van der Waals surface area (Å²) in [6.45, 7) is 0.477. The molecule has 4 rings (SSSR count). The first kappa shape index (κ1) is 14.1. The molecule has 0 saturated heterocycles. The van der Waals surface area contributed by atoms with Crippen molar-refractivity contribution < 1.29 is 0 Å². The maximum atomic E-state index is 6.34. The molecule has 0 unspecified atom stereocenters. The Kier molecular flexibility index (Phi) is 3.61. The molecule has 1 aromatic heterocycles. The van der Waals surface area contributed by atoms with Gasteiger partial charge in [-0.25, -0.2) is 4.98 Å². The molecule has 2 N–H and O–H groups in total. The highest BCUT2D eigenvalue weighted by Crippen LogP contribution is 2.36. The van der Waals surface area contributed by atoms with Gasteiger partial charge in [-0.3, -0.25) is 0 Å². The van der Waals surface area contributed by atoms with Crippen LogP contribution in [0.2, 0.25) is 0 Å². The molecule has 0 radical (unpaired) electrons. The number of pyridine rings is 1. The van der Waals surface area contributed by atoms with Crippen LogP contribution in [0.5, 0.6) is 0 Å². The van der Waals surface area contributed by atoms with E-state index in [1.807, 2.05) is 6.07 Å². The lowest BCUT2D eigenvalue weighted by Gasteiger charge is -2.18. The highest BCUT2D eigenvalue weighted by atomic mass is 15.4. The molecular weight excluding hydrogens is 286 g/mol. The third kappa shape index (κ3) is 2.52. The van der Waals surface area contributed by atoms with E-state index in [0.717, 1.165) is 29.8 Å². The number of rotatable bonds is 2. The van der Waals surface area contributed by atoms with Crippen molar-refractivity contribution in [2.45, 2.75) is 32.1 Å². The number of nitrogens with zero attached hydrogens (tertiary/aromatic N) is 4. The van der Waals surface area contributed by atoms with Gasteiger partial charge in [-0.15, -0.1) is 5.10 Å². The van der Waals surface area contributed by atoms with Crippen LogP contribution in [0.15, 0.2) is 45.8 Å². The predicted octanol–water partition coefficient (Wildman–Crippen LogP) is 3.77. The van der Waals surface area contributed by atoms with Gasteiger partial charge in [0, 0.05) is 5.69 Å². The summed E-state index contributed by atoms with van der Waals surface area (Å²) < 4.78 is 0. The Balaban J connectivity index is 2.00. The summed E-state index contributed by atoms with van der Waals surface area (Å²) in [6.07, 6.45) is 5.66. The van der Waals surface area contributed by atoms with Gasteiger partial charge in [0.2, 0.25) is 0 Å². The normalized spacial score (nSPS) is 16.8. The van der Waals surface area contributed by atoms with Crippen molar-refractivity contribution in [3.8, 4) is 11.1 Å². The van der Waals surface area contributed by atoms with Gasteiger partial charge in [-0.05, 0) is 47.6 Å². The van der Waals surface area contributed by atoms with Crippen molar-refractivity contribution in [1.82, 2.24) is 4.98 Å².